The minimum absolute atomic E-state index is 0.206. The lowest BCUT2D eigenvalue weighted by atomic mass is 10.4. The van der Waals surface area contributed by atoms with Crippen molar-refractivity contribution >= 4 is 34.5 Å². The van der Waals surface area contributed by atoms with Gasteiger partial charge in [0.1, 0.15) is 0 Å². The fourth-order valence-corrected chi connectivity index (χ4v) is 2.79. The van der Waals surface area contributed by atoms with Crippen LogP contribution in [-0.2, 0) is 6.54 Å². The van der Waals surface area contributed by atoms with Gasteiger partial charge in [-0.05, 0) is 25.1 Å². The third-order valence-electron chi connectivity index (χ3n) is 2.80. The molecule has 3 aromatic rings. The Morgan fingerprint density at radius 2 is 2.23 bits per heavy atom. The van der Waals surface area contributed by atoms with Gasteiger partial charge in [-0.1, -0.05) is 11.6 Å². The summed E-state index contributed by atoms with van der Waals surface area (Å²) in [6.07, 6.45) is 0. The van der Waals surface area contributed by atoms with Gasteiger partial charge in [0.15, 0.2) is 11.5 Å². The molecule has 3 aromatic heterocycles. The van der Waals surface area contributed by atoms with E-state index in [-0.39, 0.29) is 12.5 Å². The zero-order valence-electron chi connectivity index (χ0n) is 11.6. The third kappa shape index (κ3) is 3.02. The van der Waals surface area contributed by atoms with Crippen molar-refractivity contribution in [3.63, 3.8) is 0 Å². The number of hydrogen-bond acceptors (Lipinski definition) is 6. The van der Waals surface area contributed by atoms with Gasteiger partial charge in [-0.2, -0.15) is 4.52 Å². The normalized spacial score (nSPS) is 10.8. The highest BCUT2D eigenvalue weighted by Crippen LogP contribution is 2.21. The van der Waals surface area contributed by atoms with Gasteiger partial charge >= 0.3 is 0 Å². The number of carbonyl (C=O) groups excluding carboxylic acids is 1. The second kappa shape index (κ2) is 6.29. The van der Waals surface area contributed by atoms with E-state index in [9.17, 15) is 4.79 Å². The summed E-state index contributed by atoms with van der Waals surface area (Å²) in [6.45, 7) is 2.61. The smallest absolute Gasteiger partial charge is 0.261 e. The van der Waals surface area contributed by atoms with Crippen LogP contribution in [0.4, 0.5) is 0 Å². The van der Waals surface area contributed by atoms with Gasteiger partial charge in [0.05, 0.1) is 22.4 Å². The van der Waals surface area contributed by atoms with Crippen molar-refractivity contribution in [1.29, 1.82) is 0 Å². The van der Waals surface area contributed by atoms with E-state index >= 15 is 0 Å². The molecule has 0 aliphatic carbocycles. The highest BCUT2D eigenvalue weighted by Gasteiger charge is 2.12. The van der Waals surface area contributed by atoms with Gasteiger partial charge in [0.2, 0.25) is 5.88 Å². The summed E-state index contributed by atoms with van der Waals surface area (Å²) < 4.78 is 7.47. The van der Waals surface area contributed by atoms with E-state index in [1.807, 2.05) is 6.92 Å². The molecule has 0 atom stereocenters. The fourth-order valence-electron chi connectivity index (χ4n) is 1.83. The lowest BCUT2D eigenvalue weighted by Gasteiger charge is -2.04. The topological polar surface area (TPSA) is 81.4 Å². The molecular formula is C13H12ClN5O2S. The van der Waals surface area contributed by atoms with Gasteiger partial charge in [-0.15, -0.1) is 26.6 Å². The summed E-state index contributed by atoms with van der Waals surface area (Å²) in [7, 11) is 0. The van der Waals surface area contributed by atoms with Crippen LogP contribution in [0.1, 0.15) is 22.4 Å². The third-order valence-corrected chi connectivity index (χ3v) is 4.03. The standard InChI is InChI=1S/C13H12ClN5O2S/c1-2-21-12-6-5-10-16-17-11(19(10)18-12)7-15-13(20)8-3-4-9(14)22-8/h3-6H,2,7H2,1H3,(H,15,20). The molecule has 1 N–H and O–H groups in total. The first kappa shape index (κ1) is 14.7. The van der Waals surface area contributed by atoms with Gasteiger partial charge < -0.3 is 10.1 Å². The van der Waals surface area contributed by atoms with Crippen molar-refractivity contribution in [2.75, 3.05) is 6.61 Å². The number of nitrogens with one attached hydrogen (secondary N) is 1. The fraction of sp³-hybridized carbons (Fsp3) is 0.231. The molecule has 1 amide bonds. The molecule has 0 aliphatic rings. The Labute approximate surface area is 134 Å². The maximum Gasteiger partial charge on any atom is 0.261 e. The van der Waals surface area contributed by atoms with Crippen LogP contribution in [0.25, 0.3) is 5.65 Å². The zero-order chi connectivity index (χ0) is 15.5. The number of aromatic nitrogens is 4. The number of halogens is 1. The Morgan fingerprint density at radius 1 is 1.36 bits per heavy atom. The molecule has 0 radical (unpaired) electrons. The number of hydrogen-bond donors (Lipinski definition) is 1. The molecule has 0 unspecified atom stereocenters. The quantitative estimate of drug-likeness (QED) is 0.771. The Kier molecular flexibility index (Phi) is 4.21. The number of ether oxygens (including phenoxy) is 1. The number of thiophene rings is 1. The van der Waals surface area contributed by atoms with Crippen LogP contribution in [-0.4, -0.2) is 32.3 Å². The summed E-state index contributed by atoms with van der Waals surface area (Å²) in [4.78, 5) is 12.5. The van der Waals surface area contributed by atoms with E-state index in [1.54, 1.807) is 28.8 Å². The monoisotopic (exact) mass is 337 g/mol. The van der Waals surface area contributed by atoms with E-state index in [0.29, 0.717) is 33.2 Å². The van der Waals surface area contributed by atoms with E-state index < -0.39 is 0 Å². The number of rotatable bonds is 5. The Bertz CT molecular complexity index is 816. The lowest BCUT2D eigenvalue weighted by Crippen LogP contribution is -2.23. The Hall–Kier alpha value is -2.19. The van der Waals surface area contributed by atoms with Crippen molar-refractivity contribution in [2.24, 2.45) is 0 Å². The molecule has 7 nitrogen and oxygen atoms in total. The van der Waals surface area contributed by atoms with Crippen LogP contribution in [0.3, 0.4) is 0 Å². The molecule has 0 saturated heterocycles. The van der Waals surface area contributed by atoms with Gasteiger partial charge in [-0.25, -0.2) is 0 Å². The Balaban J connectivity index is 1.76. The SMILES string of the molecule is CCOc1ccc2nnc(CNC(=O)c3ccc(Cl)s3)n2n1. The predicted molar refractivity (Wildman–Crippen MR) is 82.5 cm³/mol. The highest BCUT2D eigenvalue weighted by atomic mass is 35.5. The second-order valence-corrected chi connectivity index (χ2v) is 5.99. The van der Waals surface area contributed by atoms with E-state index in [2.05, 4.69) is 20.6 Å². The van der Waals surface area contributed by atoms with Crippen LogP contribution in [0.15, 0.2) is 24.3 Å². The van der Waals surface area contributed by atoms with Crippen molar-refractivity contribution < 1.29 is 9.53 Å². The molecule has 9 heteroatoms. The van der Waals surface area contributed by atoms with Gasteiger partial charge in [0, 0.05) is 6.07 Å². The van der Waals surface area contributed by atoms with Crippen molar-refractivity contribution in [2.45, 2.75) is 13.5 Å². The van der Waals surface area contributed by atoms with Crippen molar-refractivity contribution in [3.8, 4) is 5.88 Å². The first-order chi connectivity index (χ1) is 10.7. The van der Waals surface area contributed by atoms with Gasteiger partial charge in [-0.3, -0.25) is 4.79 Å². The van der Waals surface area contributed by atoms with Crippen LogP contribution in [0, 0.1) is 0 Å². The average Bonchev–Trinajstić information content (AvgIpc) is 3.11. The number of carbonyl (C=O) groups is 1. The van der Waals surface area contributed by atoms with Gasteiger partial charge in [0.25, 0.3) is 5.91 Å². The summed E-state index contributed by atoms with van der Waals surface area (Å²) >= 11 is 7.04. The molecule has 0 fully saturated rings. The first-order valence-corrected chi connectivity index (χ1v) is 7.74. The highest BCUT2D eigenvalue weighted by molar-refractivity contribution is 7.17. The number of amides is 1. The summed E-state index contributed by atoms with van der Waals surface area (Å²) in [5, 5.41) is 15.1. The summed E-state index contributed by atoms with van der Waals surface area (Å²) in [5.41, 5.74) is 0.590. The maximum atomic E-state index is 12.0. The first-order valence-electron chi connectivity index (χ1n) is 6.55. The van der Waals surface area contributed by atoms with E-state index in [0.717, 1.165) is 0 Å². The minimum Gasteiger partial charge on any atom is -0.477 e. The molecule has 0 spiro atoms. The molecule has 0 bridgehead atoms. The maximum absolute atomic E-state index is 12.0. The molecule has 22 heavy (non-hydrogen) atoms. The average molecular weight is 338 g/mol. The molecular weight excluding hydrogens is 326 g/mol. The zero-order valence-corrected chi connectivity index (χ0v) is 13.2. The molecule has 114 valence electrons. The molecule has 3 rings (SSSR count). The van der Waals surface area contributed by atoms with Crippen molar-refractivity contribution in [1.82, 2.24) is 25.1 Å². The second-order valence-electron chi connectivity index (χ2n) is 4.28. The molecule has 3 heterocycles. The van der Waals surface area contributed by atoms with Crippen LogP contribution in [0.5, 0.6) is 5.88 Å². The number of fused-ring (bicyclic) bond motifs is 1. The molecule has 0 aromatic carbocycles. The number of nitrogens with zero attached hydrogens (tertiary/aromatic N) is 4. The van der Waals surface area contributed by atoms with Crippen molar-refractivity contribution in [3.05, 3.63) is 39.3 Å². The predicted octanol–water partition coefficient (Wildman–Crippen LogP) is 2.17. The van der Waals surface area contributed by atoms with E-state index in [4.69, 9.17) is 16.3 Å². The molecule has 0 saturated carbocycles. The van der Waals surface area contributed by atoms with Crippen LogP contribution in [0.2, 0.25) is 4.34 Å². The van der Waals surface area contributed by atoms with Crippen LogP contribution >= 0.6 is 22.9 Å². The largest absolute Gasteiger partial charge is 0.477 e. The Morgan fingerprint density at radius 3 is 2.95 bits per heavy atom. The van der Waals surface area contributed by atoms with E-state index in [1.165, 1.54) is 11.3 Å². The lowest BCUT2D eigenvalue weighted by molar-refractivity contribution is 0.0953. The molecule has 0 aliphatic heterocycles. The minimum atomic E-state index is -0.213. The van der Waals surface area contributed by atoms with Crippen LogP contribution < -0.4 is 10.1 Å². The summed E-state index contributed by atoms with van der Waals surface area (Å²) in [5.74, 6) is 0.787. The summed E-state index contributed by atoms with van der Waals surface area (Å²) in [6, 6.07) is 6.85.